The van der Waals surface area contributed by atoms with E-state index in [2.05, 4.69) is 20.7 Å². The topological polar surface area (TPSA) is 83.5 Å². The second-order valence-electron chi connectivity index (χ2n) is 5.10. The molecule has 5 nitrogen and oxygen atoms in total. The van der Waals surface area contributed by atoms with E-state index in [0.29, 0.717) is 35.2 Å². The average molecular weight is 397 g/mol. The summed E-state index contributed by atoms with van der Waals surface area (Å²) in [7, 11) is -3.68. The van der Waals surface area contributed by atoms with Crippen LogP contribution in [-0.4, -0.2) is 25.5 Å². The molecular formula is C13H15BrClNO4S. The van der Waals surface area contributed by atoms with E-state index >= 15 is 0 Å². The number of hydrogen-bond donors (Lipinski definition) is 2. The van der Waals surface area contributed by atoms with Crippen LogP contribution in [0.3, 0.4) is 0 Å². The van der Waals surface area contributed by atoms with Gasteiger partial charge in [0.1, 0.15) is 0 Å². The summed E-state index contributed by atoms with van der Waals surface area (Å²) in [4.78, 5) is 11.1. The van der Waals surface area contributed by atoms with Crippen molar-refractivity contribution in [2.75, 3.05) is 0 Å². The molecule has 8 heteroatoms. The summed E-state index contributed by atoms with van der Waals surface area (Å²) >= 11 is 9.04. The van der Waals surface area contributed by atoms with Gasteiger partial charge in [0.05, 0.1) is 15.8 Å². The van der Waals surface area contributed by atoms with Gasteiger partial charge in [-0.2, -0.15) is 0 Å². The number of halogens is 2. The van der Waals surface area contributed by atoms with E-state index in [4.69, 9.17) is 16.7 Å². The zero-order chi connectivity index (χ0) is 15.6. The Bertz CT molecular complexity index is 650. The standard InChI is InChI=1S/C13H15BrClNO4S/c14-11-7-10(4-5-12(11)15)21(19,20)16-9-3-1-2-8(6-9)13(17)18/h4-5,7-9,16H,1-3,6H2,(H,17,18). The van der Waals surface area contributed by atoms with Crippen molar-refractivity contribution in [1.82, 2.24) is 4.72 Å². The maximum absolute atomic E-state index is 12.3. The van der Waals surface area contributed by atoms with Gasteiger partial charge in [-0.25, -0.2) is 13.1 Å². The summed E-state index contributed by atoms with van der Waals surface area (Å²) in [6.45, 7) is 0. The van der Waals surface area contributed by atoms with Crippen LogP contribution in [0.5, 0.6) is 0 Å². The van der Waals surface area contributed by atoms with Crippen LogP contribution < -0.4 is 4.72 Å². The van der Waals surface area contributed by atoms with Gasteiger partial charge in [-0.05, 0) is 53.4 Å². The van der Waals surface area contributed by atoms with E-state index in [1.54, 1.807) is 0 Å². The monoisotopic (exact) mass is 395 g/mol. The highest BCUT2D eigenvalue weighted by molar-refractivity contribution is 9.10. The third-order valence-corrected chi connectivity index (χ3v) is 6.28. The first kappa shape index (κ1) is 16.7. The Morgan fingerprint density at radius 1 is 1.38 bits per heavy atom. The molecule has 21 heavy (non-hydrogen) atoms. The van der Waals surface area contributed by atoms with Crippen molar-refractivity contribution in [3.8, 4) is 0 Å². The van der Waals surface area contributed by atoms with E-state index in [-0.39, 0.29) is 10.9 Å². The molecule has 0 aliphatic heterocycles. The second kappa shape index (κ2) is 6.64. The summed E-state index contributed by atoms with van der Waals surface area (Å²) in [6, 6.07) is 4.01. The first-order valence-electron chi connectivity index (χ1n) is 6.50. The predicted molar refractivity (Wildman–Crippen MR) is 82.9 cm³/mol. The van der Waals surface area contributed by atoms with E-state index in [9.17, 15) is 13.2 Å². The summed E-state index contributed by atoms with van der Waals surface area (Å²) in [6.07, 6.45) is 2.27. The van der Waals surface area contributed by atoms with Crippen molar-refractivity contribution < 1.29 is 18.3 Å². The minimum absolute atomic E-state index is 0.108. The summed E-state index contributed by atoms with van der Waals surface area (Å²) in [5, 5.41) is 9.47. The molecule has 116 valence electrons. The minimum Gasteiger partial charge on any atom is -0.481 e. The number of carboxylic acids is 1. The van der Waals surface area contributed by atoms with Crippen molar-refractivity contribution in [3.63, 3.8) is 0 Å². The Labute approximate surface area is 136 Å². The lowest BCUT2D eigenvalue weighted by Crippen LogP contribution is -2.39. The molecule has 1 aliphatic carbocycles. The van der Waals surface area contributed by atoms with Crippen LogP contribution >= 0.6 is 27.5 Å². The molecule has 1 fully saturated rings. The van der Waals surface area contributed by atoms with Crippen molar-refractivity contribution in [2.45, 2.75) is 36.6 Å². The number of aliphatic carboxylic acids is 1. The normalized spacial score (nSPS) is 23.0. The molecule has 1 aromatic carbocycles. The van der Waals surface area contributed by atoms with Crippen LogP contribution in [0.25, 0.3) is 0 Å². The molecule has 2 unspecified atom stereocenters. The van der Waals surface area contributed by atoms with Gasteiger partial charge in [0.2, 0.25) is 10.0 Å². The maximum atomic E-state index is 12.3. The predicted octanol–water partition coefficient (Wildman–Crippen LogP) is 3.02. The third-order valence-electron chi connectivity index (χ3n) is 3.55. The van der Waals surface area contributed by atoms with Crippen LogP contribution in [0.4, 0.5) is 0 Å². The zero-order valence-electron chi connectivity index (χ0n) is 11.1. The number of carbonyl (C=O) groups is 1. The molecule has 1 aromatic rings. The number of sulfonamides is 1. The Morgan fingerprint density at radius 3 is 2.71 bits per heavy atom. The van der Waals surface area contributed by atoms with E-state index in [0.717, 1.165) is 0 Å². The van der Waals surface area contributed by atoms with E-state index in [1.165, 1.54) is 18.2 Å². The van der Waals surface area contributed by atoms with Crippen LogP contribution in [0.1, 0.15) is 25.7 Å². The lowest BCUT2D eigenvalue weighted by atomic mass is 9.86. The van der Waals surface area contributed by atoms with Crippen molar-refractivity contribution in [1.29, 1.82) is 0 Å². The Morgan fingerprint density at radius 2 is 2.10 bits per heavy atom. The van der Waals surface area contributed by atoms with Gasteiger partial charge < -0.3 is 5.11 Å². The molecule has 0 heterocycles. The van der Waals surface area contributed by atoms with Gasteiger partial charge in [-0.3, -0.25) is 4.79 Å². The number of carboxylic acid groups (broad SMARTS) is 1. The van der Waals surface area contributed by atoms with Gasteiger partial charge in [0, 0.05) is 10.5 Å². The molecule has 0 aromatic heterocycles. The van der Waals surface area contributed by atoms with Gasteiger partial charge in [0.15, 0.2) is 0 Å². The molecule has 1 aliphatic rings. The lowest BCUT2D eigenvalue weighted by molar-refractivity contribution is -0.143. The molecule has 0 bridgehead atoms. The highest BCUT2D eigenvalue weighted by Crippen LogP contribution is 2.28. The molecular weight excluding hydrogens is 382 g/mol. The van der Waals surface area contributed by atoms with Crippen molar-refractivity contribution in [3.05, 3.63) is 27.7 Å². The lowest BCUT2D eigenvalue weighted by Gasteiger charge is -2.27. The smallest absolute Gasteiger partial charge is 0.306 e. The summed E-state index contributed by atoms with van der Waals surface area (Å²) < 4.78 is 27.7. The fourth-order valence-corrected chi connectivity index (χ4v) is 4.41. The Hall–Kier alpha value is -0.630. The molecule has 2 N–H and O–H groups in total. The molecule has 0 radical (unpaired) electrons. The maximum Gasteiger partial charge on any atom is 0.306 e. The first-order valence-corrected chi connectivity index (χ1v) is 9.15. The first-order chi connectivity index (χ1) is 9.79. The van der Waals surface area contributed by atoms with Crippen LogP contribution in [-0.2, 0) is 14.8 Å². The SMILES string of the molecule is O=C(O)C1CCCC(NS(=O)(=O)c2ccc(Cl)c(Br)c2)C1. The Kier molecular flexibility index (Phi) is 5.29. The molecule has 2 atom stereocenters. The van der Waals surface area contributed by atoms with Crippen molar-refractivity contribution >= 4 is 43.5 Å². The fourth-order valence-electron chi connectivity index (χ4n) is 2.45. The largest absolute Gasteiger partial charge is 0.481 e. The second-order valence-corrected chi connectivity index (χ2v) is 8.07. The Balaban J connectivity index is 2.13. The zero-order valence-corrected chi connectivity index (χ0v) is 14.2. The summed E-state index contributed by atoms with van der Waals surface area (Å²) in [5.41, 5.74) is 0. The third kappa shape index (κ3) is 4.18. The van der Waals surface area contributed by atoms with Gasteiger partial charge in [-0.1, -0.05) is 18.0 Å². The van der Waals surface area contributed by atoms with Crippen LogP contribution in [0.15, 0.2) is 27.6 Å². The fraction of sp³-hybridized carbons (Fsp3) is 0.462. The minimum atomic E-state index is -3.68. The molecule has 0 saturated heterocycles. The van der Waals surface area contributed by atoms with Crippen LogP contribution in [0, 0.1) is 5.92 Å². The number of rotatable bonds is 4. The van der Waals surface area contributed by atoms with Gasteiger partial charge in [0.25, 0.3) is 0 Å². The molecule has 0 spiro atoms. The quantitative estimate of drug-likeness (QED) is 0.819. The summed E-state index contributed by atoms with van der Waals surface area (Å²) in [5.74, 6) is -1.35. The highest BCUT2D eigenvalue weighted by atomic mass is 79.9. The molecule has 2 rings (SSSR count). The van der Waals surface area contributed by atoms with Crippen LogP contribution in [0.2, 0.25) is 5.02 Å². The highest BCUT2D eigenvalue weighted by Gasteiger charge is 2.30. The van der Waals surface area contributed by atoms with Gasteiger partial charge in [-0.15, -0.1) is 0 Å². The number of benzene rings is 1. The van der Waals surface area contributed by atoms with Gasteiger partial charge >= 0.3 is 5.97 Å². The number of hydrogen-bond acceptors (Lipinski definition) is 3. The number of nitrogens with one attached hydrogen (secondary N) is 1. The van der Waals surface area contributed by atoms with E-state index in [1.807, 2.05) is 0 Å². The van der Waals surface area contributed by atoms with Crippen molar-refractivity contribution in [2.24, 2.45) is 5.92 Å². The van der Waals surface area contributed by atoms with E-state index < -0.39 is 21.9 Å². The molecule has 0 amide bonds. The molecule has 1 saturated carbocycles. The average Bonchev–Trinajstić information content (AvgIpc) is 2.41.